The minimum absolute atomic E-state index is 0.0736. The molecule has 4 rings (SSSR count). The number of nitrogens with one attached hydrogen (secondary N) is 1. The van der Waals surface area contributed by atoms with Crippen LogP contribution in [0.2, 0.25) is 5.02 Å². The van der Waals surface area contributed by atoms with Crippen LogP contribution in [-0.2, 0) is 9.84 Å². The maximum atomic E-state index is 13.4. The molecule has 0 saturated carbocycles. The standard InChI is InChI=1S/C26H21ClN2O3S2.C2H6/c1-33-20-10-12-22(23(16-20)21-11-9-18(27)15-25(21)34(2,31)32)26(30)29-19-7-5-6-17(14-19)24-8-3-4-13-28-24;1-2/h3-16H,1-2H3,(H,29,30);1-2H3. The van der Waals surface area contributed by atoms with Crippen LogP contribution in [0.25, 0.3) is 22.4 Å². The first-order chi connectivity index (χ1) is 17.3. The Morgan fingerprint density at radius 1 is 0.917 bits per heavy atom. The third kappa shape index (κ3) is 6.55. The van der Waals surface area contributed by atoms with Gasteiger partial charge in [0.15, 0.2) is 9.84 Å². The molecular weight excluding hydrogens is 512 g/mol. The largest absolute Gasteiger partial charge is 0.322 e. The maximum absolute atomic E-state index is 13.4. The Labute approximate surface area is 221 Å². The predicted octanol–water partition coefficient (Wildman–Crippen LogP) is 7.47. The monoisotopic (exact) mass is 538 g/mol. The molecule has 0 bridgehead atoms. The highest BCUT2D eigenvalue weighted by Crippen LogP contribution is 2.35. The molecule has 0 spiro atoms. The van der Waals surface area contributed by atoms with Crippen molar-refractivity contribution >= 4 is 44.8 Å². The van der Waals surface area contributed by atoms with E-state index < -0.39 is 9.84 Å². The van der Waals surface area contributed by atoms with Crippen molar-refractivity contribution in [2.24, 2.45) is 0 Å². The quantitative estimate of drug-likeness (QED) is 0.258. The molecule has 1 heterocycles. The van der Waals surface area contributed by atoms with E-state index in [0.717, 1.165) is 22.4 Å². The fourth-order valence-corrected chi connectivity index (χ4v) is 5.18. The molecule has 0 radical (unpaired) electrons. The number of carbonyl (C=O) groups excluding carboxylic acids is 1. The molecule has 0 aliphatic carbocycles. The van der Waals surface area contributed by atoms with E-state index in [2.05, 4.69) is 10.3 Å². The van der Waals surface area contributed by atoms with Gasteiger partial charge in [0.2, 0.25) is 0 Å². The molecule has 1 N–H and O–H groups in total. The first kappa shape index (κ1) is 27.5. The lowest BCUT2D eigenvalue weighted by Gasteiger charge is -2.15. The fraction of sp³-hybridized carbons (Fsp3) is 0.143. The second-order valence-electron chi connectivity index (χ2n) is 7.57. The summed E-state index contributed by atoms with van der Waals surface area (Å²) in [6, 6.07) is 23.1. The molecular formula is C28H27ClN2O3S2. The van der Waals surface area contributed by atoms with Crippen LogP contribution in [0.1, 0.15) is 24.2 Å². The molecule has 8 heteroatoms. The van der Waals surface area contributed by atoms with Gasteiger partial charge >= 0.3 is 0 Å². The number of carbonyl (C=O) groups is 1. The number of amides is 1. The number of thioether (sulfide) groups is 1. The van der Waals surface area contributed by atoms with Crippen LogP contribution in [-0.4, -0.2) is 31.8 Å². The first-order valence-electron chi connectivity index (χ1n) is 11.3. The van der Waals surface area contributed by atoms with Crippen LogP contribution in [0.5, 0.6) is 0 Å². The normalized spacial score (nSPS) is 10.8. The van der Waals surface area contributed by atoms with Crippen molar-refractivity contribution in [2.75, 3.05) is 17.8 Å². The second kappa shape index (κ2) is 12.2. The van der Waals surface area contributed by atoms with Crippen LogP contribution in [0.3, 0.4) is 0 Å². The lowest BCUT2D eigenvalue weighted by atomic mass is 9.99. The average Bonchev–Trinajstić information content (AvgIpc) is 2.89. The lowest BCUT2D eigenvalue weighted by molar-refractivity contribution is 0.102. The summed E-state index contributed by atoms with van der Waals surface area (Å²) in [6.07, 6.45) is 4.76. The zero-order valence-corrected chi connectivity index (χ0v) is 22.8. The highest BCUT2D eigenvalue weighted by molar-refractivity contribution is 7.98. The van der Waals surface area contributed by atoms with Crippen LogP contribution < -0.4 is 5.32 Å². The summed E-state index contributed by atoms with van der Waals surface area (Å²) in [5.74, 6) is -0.352. The zero-order valence-electron chi connectivity index (χ0n) is 20.4. The van der Waals surface area contributed by atoms with Gasteiger partial charge in [-0.05, 0) is 66.4 Å². The average molecular weight is 539 g/mol. The molecule has 3 aromatic carbocycles. The van der Waals surface area contributed by atoms with Crippen molar-refractivity contribution in [3.8, 4) is 22.4 Å². The van der Waals surface area contributed by atoms with Gasteiger partial charge in [0.1, 0.15) is 0 Å². The molecule has 1 amide bonds. The van der Waals surface area contributed by atoms with Gasteiger partial charge in [0, 0.05) is 44.7 Å². The molecule has 0 fully saturated rings. The zero-order chi connectivity index (χ0) is 26.3. The van der Waals surface area contributed by atoms with Gasteiger partial charge in [0.05, 0.1) is 10.6 Å². The highest BCUT2D eigenvalue weighted by Gasteiger charge is 2.21. The fourth-order valence-electron chi connectivity index (χ4n) is 3.58. The highest BCUT2D eigenvalue weighted by atomic mass is 35.5. The van der Waals surface area contributed by atoms with Crippen molar-refractivity contribution in [1.82, 2.24) is 4.98 Å². The number of pyridine rings is 1. The van der Waals surface area contributed by atoms with E-state index in [1.807, 2.05) is 68.6 Å². The Hall–Kier alpha value is -3.13. The third-order valence-corrected chi connectivity index (χ3v) is 7.28. The number of aromatic nitrogens is 1. The number of hydrogen-bond acceptors (Lipinski definition) is 5. The number of nitrogens with zero attached hydrogens (tertiary/aromatic N) is 1. The minimum atomic E-state index is -3.59. The summed E-state index contributed by atoms with van der Waals surface area (Å²) >= 11 is 7.59. The number of halogens is 1. The van der Waals surface area contributed by atoms with E-state index >= 15 is 0 Å². The summed E-state index contributed by atoms with van der Waals surface area (Å²) in [5.41, 5.74) is 3.56. The Kier molecular flexibility index (Phi) is 9.31. The Balaban J connectivity index is 0.00000176. The van der Waals surface area contributed by atoms with E-state index in [1.165, 1.54) is 17.8 Å². The SMILES string of the molecule is CC.CSc1ccc(C(=O)Nc2cccc(-c3ccccn3)c2)c(-c2ccc(Cl)cc2S(C)(=O)=O)c1. The summed E-state index contributed by atoms with van der Waals surface area (Å²) < 4.78 is 25.0. The van der Waals surface area contributed by atoms with Crippen LogP contribution in [0.4, 0.5) is 5.69 Å². The Morgan fingerprint density at radius 3 is 2.36 bits per heavy atom. The summed E-state index contributed by atoms with van der Waals surface area (Å²) in [6.45, 7) is 4.00. The molecule has 1 aromatic heterocycles. The first-order valence-corrected chi connectivity index (χ1v) is 14.8. The summed E-state index contributed by atoms with van der Waals surface area (Å²) in [4.78, 5) is 18.7. The van der Waals surface area contributed by atoms with Crippen molar-refractivity contribution in [1.29, 1.82) is 0 Å². The van der Waals surface area contributed by atoms with Gasteiger partial charge in [-0.1, -0.05) is 49.7 Å². The molecule has 0 atom stereocenters. The third-order valence-electron chi connectivity index (χ3n) is 5.19. The predicted molar refractivity (Wildman–Crippen MR) is 151 cm³/mol. The topological polar surface area (TPSA) is 76.1 Å². The van der Waals surface area contributed by atoms with E-state index in [9.17, 15) is 13.2 Å². The van der Waals surface area contributed by atoms with Gasteiger partial charge in [-0.15, -0.1) is 11.8 Å². The van der Waals surface area contributed by atoms with Gasteiger partial charge in [-0.3, -0.25) is 9.78 Å². The van der Waals surface area contributed by atoms with Crippen molar-refractivity contribution in [2.45, 2.75) is 23.6 Å². The van der Waals surface area contributed by atoms with Crippen LogP contribution in [0.15, 0.2) is 94.9 Å². The van der Waals surface area contributed by atoms with Gasteiger partial charge in [-0.2, -0.15) is 0 Å². The maximum Gasteiger partial charge on any atom is 0.256 e. The number of rotatable bonds is 6. The van der Waals surface area contributed by atoms with Crippen LogP contribution >= 0.6 is 23.4 Å². The molecule has 5 nitrogen and oxygen atoms in total. The lowest BCUT2D eigenvalue weighted by Crippen LogP contribution is -2.14. The molecule has 0 unspecified atom stereocenters. The number of sulfone groups is 1. The van der Waals surface area contributed by atoms with E-state index in [0.29, 0.717) is 27.4 Å². The van der Waals surface area contributed by atoms with Crippen molar-refractivity contribution in [3.63, 3.8) is 0 Å². The smallest absolute Gasteiger partial charge is 0.256 e. The number of hydrogen-bond donors (Lipinski definition) is 1. The molecule has 36 heavy (non-hydrogen) atoms. The van der Waals surface area contributed by atoms with Gasteiger partial charge in [-0.25, -0.2) is 8.42 Å². The Bertz CT molecular complexity index is 1470. The van der Waals surface area contributed by atoms with E-state index in [4.69, 9.17) is 11.6 Å². The minimum Gasteiger partial charge on any atom is -0.322 e. The van der Waals surface area contributed by atoms with Gasteiger partial charge in [0.25, 0.3) is 5.91 Å². The van der Waals surface area contributed by atoms with Gasteiger partial charge < -0.3 is 5.32 Å². The second-order valence-corrected chi connectivity index (χ2v) is 10.9. The van der Waals surface area contributed by atoms with Crippen molar-refractivity contribution in [3.05, 3.63) is 95.6 Å². The molecule has 186 valence electrons. The number of benzene rings is 3. The summed E-state index contributed by atoms with van der Waals surface area (Å²) in [5, 5.41) is 3.24. The van der Waals surface area contributed by atoms with E-state index in [1.54, 1.807) is 30.5 Å². The van der Waals surface area contributed by atoms with Crippen molar-refractivity contribution < 1.29 is 13.2 Å². The summed E-state index contributed by atoms with van der Waals surface area (Å²) in [7, 11) is -3.59. The molecule has 4 aromatic rings. The van der Waals surface area contributed by atoms with E-state index in [-0.39, 0.29) is 10.8 Å². The Morgan fingerprint density at radius 2 is 1.69 bits per heavy atom. The molecule has 0 saturated heterocycles. The molecule has 0 aliphatic heterocycles. The number of anilines is 1. The molecule has 0 aliphatic rings. The van der Waals surface area contributed by atoms with Crippen LogP contribution in [0, 0.1) is 0 Å².